The fourth-order valence-electron chi connectivity index (χ4n) is 4.00. The summed E-state index contributed by atoms with van der Waals surface area (Å²) < 4.78 is 1.13. The third-order valence-electron chi connectivity index (χ3n) is 5.88. The molecule has 8 heteroatoms. The number of nitrogens with two attached hydrogens (primary N) is 1. The van der Waals surface area contributed by atoms with E-state index in [1.165, 1.54) is 16.8 Å². The summed E-state index contributed by atoms with van der Waals surface area (Å²) in [4.78, 5) is 18.2. The van der Waals surface area contributed by atoms with E-state index in [9.17, 15) is 0 Å². The number of thiazole rings is 1. The van der Waals surface area contributed by atoms with Crippen molar-refractivity contribution in [3.63, 3.8) is 0 Å². The van der Waals surface area contributed by atoms with E-state index in [4.69, 9.17) is 5.73 Å². The van der Waals surface area contributed by atoms with Crippen LogP contribution in [-0.2, 0) is 0 Å². The molecule has 2 aromatic heterocycles. The highest BCUT2D eigenvalue weighted by atomic mass is 32.1. The molecule has 0 aliphatic carbocycles. The molecule has 0 atom stereocenters. The van der Waals surface area contributed by atoms with Gasteiger partial charge in [-0.05, 0) is 43.2 Å². The van der Waals surface area contributed by atoms with Crippen molar-refractivity contribution in [1.82, 2.24) is 15.0 Å². The van der Waals surface area contributed by atoms with Crippen LogP contribution >= 0.6 is 11.3 Å². The Hall–Kier alpha value is -3.39. The molecule has 0 unspecified atom stereocenters. The van der Waals surface area contributed by atoms with Gasteiger partial charge in [0.15, 0.2) is 16.8 Å². The Morgan fingerprint density at radius 1 is 0.935 bits per heavy atom. The van der Waals surface area contributed by atoms with Crippen LogP contribution < -0.4 is 20.9 Å². The molecule has 7 nitrogen and oxygen atoms in total. The van der Waals surface area contributed by atoms with Gasteiger partial charge < -0.3 is 20.9 Å². The number of anilines is 5. The predicted molar refractivity (Wildman–Crippen MR) is 130 cm³/mol. The summed E-state index contributed by atoms with van der Waals surface area (Å²) >= 11 is 1.58. The molecule has 0 amide bonds. The lowest BCUT2D eigenvalue weighted by molar-refractivity contribution is 0.646. The number of fused-ring (bicyclic) bond motifs is 1. The summed E-state index contributed by atoms with van der Waals surface area (Å²) in [5, 5.41) is 4.06. The van der Waals surface area contributed by atoms with Gasteiger partial charge in [-0.1, -0.05) is 35.6 Å². The summed E-state index contributed by atoms with van der Waals surface area (Å²) in [6.45, 7) is 7.92. The third-order valence-corrected chi connectivity index (χ3v) is 6.83. The van der Waals surface area contributed by atoms with E-state index < -0.39 is 0 Å². The van der Waals surface area contributed by atoms with Gasteiger partial charge in [0.25, 0.3) is 0 Å². The number of para-hydroxylation sites is 1. The Morgan fingerprint density at radius 2 is 1.71 bits per heavy atom. The first kappa shape index (κ1) is 19.6. The summed E-state index contributed by atoms with van der Waals surface area (Å²) in [5.41, 5.74) is 12.0. The number of nitrogen functional groups attached to an aromatic ring is 1. The zero-order chi connectivity index (χ0) is 21.4. The maximum Gasteiger partial charge on any atom is 0.189 e. The number of rotatable bonds is 4. The molecular weight excluding hydrogens is 406 g/mol. The van der Waals surface area contributed by atoms with Gasteiger partial charge in [-0.15, -0.1) is 0 Å². The maximum absolute atomic E-state index is 6.48. The number of hydrogen-bond acceptors (Lipinski definition) is 8. The highest BCUT2D eigenvalue weighted by molar-refractivity contribution is 7.22. The van der Waals surface area contributed by atoms with Gasteiger partial charge in [0, 0.05) is 31.9 Å². The van der Waals surface area contributed by atoms with Crippen molar-refractivity contribution in [3.8, 4) is 0 Å². The topological polar surface area (TPSA) is 83.2 Å². The van der Waals surface area contributed by atoms with Crippen LogP contribution in [-0.4, -0.2) is 41.1 Å². The van der Waals surface area contributed by atoms with Crippen molar-refractivity contribution >= 4 is 49.7 Å². The lowest BCUT2D eigenvalue weighted by Gasteiger charge is -2.38. The van der Waals surface area contributed by atoms with Gasteiger partial charge in [0.2, 0.25) is 0 Å². The van der Waals surface area contributed by atoms with E-state index in [0.717, 1.165) is 47.3 Å². The number of aryl methyl sites for hydroxylation is 1. The second-order valence-electron chi connectivity index (χ2n) is 7.76. The second kappa shape index (κ2) is 8.03. The van der Waals surface area contributed by atoms with Gasteiger partial charge in [-0.2, -0.15) is 0 Å². The molecule has 4 aromatic rings. The number of benzene rings is 2. The van der Waals surface area contributed by atoms with Gasteiger partial charge >= 0.3 is 0 Å². The SMILES string of the molecule is Cc1cccc(N2CCN(c3ncnc(Nc4nc5ccccc5s4)c3N)CC2)c1C. The molecule has 31 heavy (non-hydrogen) atoms. The van der Waals surface area contributed by atoms with Crippen molar-refractivity contribution in [3.05, 3.63) is 59.9 Å². The smallest absolute Gasteiger partial charge is 0.189 e. The zero-order valence-corrected chi connectivity index (χ0v) is 18.5. The van der Waals surface area contributed by atoms with Crippen LogP contribution in [0.3, 0.4) is 0 Å². The zero-order valence-electron chi connectivity index (χ0n) is 17.7. The molecule has 0 radical (unpaired) electrons. The number of nitrogens with one attached hydrogen (secondary N) is 1. The van der Waals surface area contributed by atoms with Crippen molar-refractivity contribution in [2.45, 2.75) is 13.8 Å². The molecule has 0 saturated carbocycles. The first-order chi connectivity index (χ1) is 15.1. The summed E-state index contributed by atoms with van der Waals surface area (Å²) in [6.07, 6.45) is 1.57. The number of hydrogen-bond donors (Lipinski definition) is 2. The van der Waals surface area contributed by atoms with Crippen LogP contribution in [0.4, 0.5) is 28.1 Å². The molecule has 3 N–H and O–H groups in total. The minimum Gasteiger partial charge on any atom is -0.393 e. The highest BCUT2D eigenvalue weighted by Crippen LogP contribution is 2.33. The van der Waals surface area contributed by atoms with Crippen molar-refractivity contribution < 1.29 is 0 Å². The fraction of sp³-hybridized carbons (Fsp3) is 0.261. The predicted octanol–water partition coefficient (Wildman–Crippen LogP) is 4.36. The Balaban J connectivity index is 1.33. The molecule has 1 aliphatic heterocycles. The molecule has 0 spiro atoms. The van der Waals surface area contributed by atoms with E-state index >= 15 is 0 Å². The van der Waals surface area contributed by atoms with Crippen LogP contribution in [0.1, 0.15) is 11.1 Å². The number of piperazine rings is 1. The molecule has 5 rings (SSSR count). The first-order valence-corrected chi connectivity index (χ1v) is 11.2. The fourth-order valence-corrected chi connectivity index (χ4v) is 4.87. The van der Waals surface area contributed by atoms with Crippen molar-refractivity contribution in [2.75, 3.05) is 47.0 Å². The molecule has 1 saturated heterocycles. The van der Waals surface area contributed by atoms with Gasteiger partial charge in [-0.3, -0.25) is 0 Å². The van der Waals surface area contributed by atoms with E-state index in [1.54, 1.807) is 17.7 Å². The Kier molecular flexibility index (Phi) is 5.07. The van der Waals surface area contributed by atoms with E-state index in [-0.39, 0.29) is 0 Å². The second-order valence-corrected chi connectivity index (χ2v) is 8.80. The van der Waals surface area contributed by atoms with Crippen molar-refractivity contribution in [2.24, 2.45) is 0 Å². The normalized spacial score (nSPS) is 14.3. The number of nitrogens with zero attached hydrogens (tertiary/aromatic N) is 5. The van der Waals surface area contributed by atoms with Crippen molar-refractivity contribution in [1.29, 1.82) is 0 Å². The molecule has 1 aliphatic rings. The van der Waals surface area contributed by atoms with Gasteiger partial charge in [0.1, 0.15) is 12.0 Å². The standard InChI is InChI=1S/C23H25N7S/c1-15-6-5-8-18(16(15)2)29-10-12-30(13-11-29)22-20(24)21(25-14-26-22)28-23-27-17-7-3-4-9-19(17)31-23/h3-9,14H,10-13,24H2,1-2H3,(H,25,26,27,28). The maximum atomic E-state index is 6.48. The molecule has 2 aromatic carbocycles. The Morgan fingerprint density at radius 3 is 2.52 bits per heavy atom. The summed E-state index contributed by atoms with van der Waals surface area (Å²) in [7, 11) is 0. The van der Waals surface area contributed by atoms with E-state index in [0.29, 0.717) is 11.5 Å². The van der Waals surface area contributed by atoms with Gasteiger partial charge in [0.05, 0.1) is 10.2 Å². The minimum absolute atomic E-state index is 0.557. The van der Waals surface area contributed by atoms with Gasteiger partial charge in [-0.25, -0.2) is 15.0 Å². The molecular formula is C23H25N7S. The first-order valence-electron chi connectivity index (χ1n) is 10.4. The lowest BCUT2D eigenvalue weighted by atomic mass is 10.1. The molecule has 3 heterocycles. The third kappa shape index (κ3) is 3.74. The Bertz CT molecular complexity index is 1190. The number of aromatic nitrogens is 3. The Labute approximate surface area is 185 Å². The van der Waals surface area contributed by atoms with Crippen LogP contribution in [0, 0.1) is 13.8 Å². The average molecular weight is 432 g/mol. The minimum atomic E-state index is 0.557. The molecule has 158 valence electrons. The van der Waals surface area contributed by atoms with Crippen LogP contribution in [0.2, 0.25) is 0 Å². The largest absolute Gasteiger partial charge is 0.393 e. The molecule has 1 fully saturated rings. The lowest BCUT2D eigenvalue weighted by Crippen LogP contribution is -2.47. The monoisotopic (exact) mass is 431 g/mol. The van der Waals surface area contributed by atoms with E-state index in [2.05, 4.69) is 68.2 Å². The summed E-state index contributed by atoms with van der Waals surface area (Å²) in [6, 6.07) is 14.6. The van der Waals surface area contributed by atoms with Crippen LogP contribution in [0.15, 0.2) is 48.8 Å². The van der Waals surface area contributed by atoms with Crippen LogP contribution in [0.5, 0.6) is 0 Å². The van der Waals surface area contributed by atoms with E-state index in [1.807, 2.05) is 18.2 Å². The highest BCUT2D eigenvalue weighted by Gasteiger charge is 2.22. The average Bonchev–Trinajstić information content (AvgIpc) is 3.20. The summed E-state index contributed by atoms with van der Waals surface area (Å²) in [5.74, 6) is 1.38. The van der Waals surface area contributed by atoms with Crippen LogP contribution in [0.25, 0.3) is 10.2 Å². The molecule has 0 bridgehead atoms. The quantitative estimate of drug-likeness (QED) is 0.497.